The second-order valence-corrected chi connectivity index (χ2v) is 4.45. The van der Waals surface area contributed by atoms with Gasteiger partial charge >= 0.3 is 0 Å². The summed E-state index contributed by atoms with van der Waals surface area (Å²) in [6.45, 7) is 6.29. The highest BCUT2D eigenvalue weighted by Gasteiger charge is 2.18. The number of aliphatic hydroxyl groups is 1. The zero-order valence-corrected chi connectivity index (χ0v) is 8.36. The summed E-state index contributed by atoms with van der Waals surface area (Å²) in [6, 6.07) is 0. The fourth-order valence-corrected chi connectivity index (χ4v) is 1.18. The van der Waals surface area contributed by atoms with Gasteiger partial charge in [-0.1, -0.05) is 20.8 Å². The number of nitrogens with zero attached hydrogens (tertiary/aromatic N) is 2. The van der Waals surface area contributed by atoms with E-state index in [1.807, 2.05) is 0 Å². The van der Waals surface area contributed by atoms with Crippen LogP contribution >= 0.6 is 0 Å². The maximum absolute atomic E-state index is 9.78. The van der Waals surface area contributed by atoms with Crippen LogP contribution < -0.4 is 0 Å². The van der Waals surface area contributed by atoms with E-state index >= 15 is 0 Å². The van der Waals surface area contributed by atoms with Gasteiger partial charge in [-0.25, -0.2) is 9.97 Å². The Bertz CT molecular complexity index is 253. The molecule has 0 aliphatic carbocycles. The minimum atomic E-state index is -0.457. The topological polar surface area (TPSA) is 46.0 Å². The normalized spacial score (nSPS) is 14.2. The summed E-state index contributed by atoms with van der Waals surface area (Å²) >= 11 is 0. The highest BCUT2D eigenvalue weighted by atomic mass is 16.3. The third-order valence-corrected chi connectivity index (χ3v) is 1.77. The summed E-state index contributed by atoms with van der Waals surface area (Å²) in [5, 5.41) is 9.78. The van der Waals surface area contributed by atoms with Crippen LogP contribution in [0.2, 0.25) is 0 Å². The number of rotatable bonds is 2. The molecule has 0 saturated carbocycles. The Morgan fingerprint density at radius 3 is 2.31 bits per heavy atom. The first kappa shape index (κ1) is 10.1. The molecule has 1 heterocycles. The van der Waals surface area contributed by atoms with Gasteiger partial charge in [0.1, 0.15) is 6.33 Å². The van der Waals surface area contributed by atoms with Crippen LogP contribution in [0.5, 0.6) is 0 Å². The van der Waals surface area contributed by atoms with Gasteiger partial charge in [0.25, 0.3) is 0 Å². The van der Waals surface area contributed by atoms with Crippen LogP contribution in [0.1, 0.15) is 38.9 Å². The standard InChI is InChI=1S/C10H16N2O/c1-10(2,3)4-9(13)8-5-11-7-12-6-8/h5-7,9,13H,4H2,1-3H3. The SMILES string of the molecule is CC(C)(C)CC(O)c1cncnc1. The fraction of sp³-hybridized carbons (Fsp3) is 0.600. The number of hydrogen-bond donors (Lipinski definition) is 1. The van der Waals surface area contributed by atoms with E-state index in [-0.39, 0.29) is 5.41 Å². The monoisotopic (exact) mass is 180 g/mol. The predicted molar refractivity (Wildman–Crippen MR) is 51.1 cm³/mol. The number of aromatic nitrogens is 2. The quantitative estimate of drug-likeness (QED) is 0.756. The van der Waals surface area contributed by atoms with Crippen LogP contribution in [-0.4, -0.2) is 15.1 Å². The van der Waals surface area contributed by atoms with E-state index in [0.29, 0.717) is 0 Å². The van der Waals surface area contributed by atoms with E-state index < -0.39 is 6.10 Å². The summed E-state index contributed by atoms with van der Waals surface area (Å²) in [5.41, 5.74) is 0.910. The highest BCUT2D eigenvalue weighted by Crippen LogP contribution is 2.28. The lowest BCUT2D eigenvalue weighted by Gasteiger charge is -2.21. The second-order valence-electron chi connectivity index (χ2n) is 4.45. The minimum absolute atomic E-state index is 0.120. The molecular formula is C10H16N2O. The van der Waals surface area contributed by atoms with Gasteiger partial charge in [0.05, 0.1) is 6.10 Å². The first-order valence-electron chi connectivity index (χ1n) is 4.42. The Hall–Kier alpha value is -0.960. The molecule has 1 unspecified atom stereocenters. The van der Waals surface area contributed by atoms with Gasteiger partial charge < -0.3 is 5.11 Å². The molecule has 1 atom stereocenters. The molecule has 0 spiro atoms. The molecule has 3 nitrogen and oxygen atoms in total. The zero-order chi connectivity index (χ0) is 9.90. The van der Waals surface area contributed by atoms with Crippen molar-refractivity contribution in [2.75, 3.05) is 0 Å². The van der Waals surface area contributed by atoms with Crippen molar-refractivity contribution in [3.63, 3.8) is 0 Å². The summed E-state index contributed by atoms with van der Waals surface area (Å²) < 4.78 is 0. The summed E-state index contributed by atoms with van der Waals surface area (Å²) in [6.07, 6.45) is 5.04. The van der Waals surface area contributed by atoms with Crippen LogP contribution in [0.25, 0.3) is 0 Å². The molecule has 0 saturated heterocycles. The molecule has 1 N–H and O–H groups in total. The lowest BCUT2D eigenvalue weighted by molar-refractivity contribution is 0.121. The molecule has 0 fully saturated rings. The Morgan fingerprint density at radius 1 is 1.31 bits per heavy atom. The van der Waals surface area contributed by atoms with Gasteiger partial charge in [0, 0.05) is 18.0 Å². The Morgan fingerprint density at radius 2 is 1.85 bits per heavy atom. The first-order valence-corrected chi connectivity index (χ1v) is 4.42. The van der Waals surface area contributed by atoms with Gasteiger partial charge in [-0.3, -0.25) is 0 Å². The number of hydrogen-bond acceptors (Lipinski definition) is 3. The van der Waals surface area contributed by atoms with E-state index in [1.54, 1.807) is 12.4 Å². The largest absolute Gasteiger partial charge is 0.388 e. The van der Waals surface area contributed by atoms with Crippen LogP contribution in [-0.2, 0) is 0 Å². The molecule has 0 aliphatic rings. The molecule has 0 amide bonds. The van der Waals surface area contributed by atoms with Gasteiger partial charge in [0.2, 0.25) is 0 Å². The van der Waals surface area contributed by atoms with Crippen LogP contribution in [0, 0.1) is 5.41 Å². The third-order valence-electron chi connectivity index (χ3n) is 1.77. The smallest absolute Gasteiger partial charge is 0.115 e. The van der Waals surface area contributed by atoms with Crippen LogP contribution in [0.4, 0.5) is 0 Å². The van der Waals surface area contributed by atoms with Crippen molar-refractivity contribution in [3.05, 3.63) is 24.3 Å². The maximum Gasteiger partial charge on any atom is 0.115 e. The van der Waals surface area contributed by atoms with Gasteiger partial charge in [-0.2, -0.15) is 0 Å². The summed E-state index contributed by atoms with van der Waals surface area (Å²) in [7, 11) is 0. The average Bonchev–Trinajstić information content (AvgIpc) is 2.03. The minimum Gasteiger partial charge on any atom is -0.388 e. The molecule has 0 radical (unpaired) electrons. The van der Waals surface area contributed by atoms with Crippen molar-refractivity contribution in [2.45, 2.75) is 33.3 Å². The highest BCUT2D eigenvalue weighted by molar-refractivity contribution is 5.06. The van der Waals surface area contributed by atoms with Crippen molar-refractivity contribution in [3.8, 4) is 0 Å². The molecule has 1 aromatic heterocycles. The Balaban J connectivity index is 2.64. The molecule has 13 heavy (non-hydrogen) atoms. The van der Waals surface area contributed by atoms with E-state index in [0.717, 1.165) is 12.0 Å². The molecule has 1 rings (SSSR count). The Labute approximate surface area is 78.9 Å². The van der Waals surface area contributed by atoms with Gasteiger partial charge in [0.15, 0.2) is 0 Å². The fourth-order valence-electron chi connectivity index (χ4n) is 1.18. The summed E-state index contributed by atoms with van der Waals surface area (Å²) in [5.74, 6) is 0. The Kier molecular flexibility index (Phi) is 2.98. The van der Waals surface area contributed by atoms with Gasteiger partial charge in [-0.15, -0.1) is 0 Å². The molecule has 72 valence electrons. The average molecular weight is 180 g/mol. The second kappa shape index (κ2) is 3.83. The van der Waals surface area contributed by atoms with Gasteiger partial charge in [-0.05, 0) is 11.8 Å². The lowest BCUT2D eigenvalue weighted by atomic mass is 9.87. The lowest BCUT2D eigenvalue weighted by Crippen LogP contribution is -2.11. The van der Waals surface area contributed by atoms with Crippen molar-refractivity contribution < 1.29 is 5.11 Å². The van der Waals surface area contributed by atoms with Crippen LogP contribution in [0.15, 0.2) is 18.7 Å². The third kappa shape index (κ3) is 3.51. The van der Waals surface area contributed by atoms with Crippen molar-refractivity contribution in [1.82, 2.24) is 9.97 Å². The molecule has 0 aromatic carbocycles. The summed E-state index contributed by atoms with van der Waals surface area (Å²) in [4.78, 5) is 7.73. The maximum atomic E-state index is 9.78. The van der Waals surface area contributed by atoms with E-state index in [1.165, 1.54) is 6.33 Å². The van der Waals surface area contributed by atoms with Crippen molar-refractivity contribution in [1.29, 1.82) is 0 Å². The number of aliphatic hydroxyl groups excluding tert-OH is 1. The first-order chi connectivity index (χ1) is 5.99. The molecule has 0 aliphatic heterocycles. The van der Waals surface area contributed by atoms with E-state index in [9.17, 15) is 5.11 Å². The molecule has 0 bridgehead atoms. The molecule has 3 heteroatoms. The molecular weight excluding hydrogens is 164 g/mol. The van der Waals surface area contributed by atoms with Crippen LogP contribution in [0.3, 0.4) is 0 Å². The molecule has 1 aromatic rings. The van der Waals surface area contributed by atoms with Crippen molar-refractivity contribution >= 4 is 0 Å². The predicted octanol–water partition coefficient (Wildman–Crippen LogP) is 1.95. The van der Waals surface area contributed by atoms with E-state index in [2.05, 4.69) is 30.7 Å². The van der Waals surface area contributed by atoms with Crippen molar-refractivity contribution in [2.24, 2.45) is 5.41 Å². The van der Waals surface area contributed by atoms with E-state index in [4.69, 9.17) is 0 Å². The zero-order valence-electron chi connectivity index (χ0n) is 8.36.